The number of methoxy groups -OCH3 is 2. The minimum Gasteiger partial charge on any atom is -0.497 e. The second kappa shape index (κ2) is 8.07. The van der Waals surface area contributed by atoms with E-state index < -0.39 is 0 Å². The summed E-state index contributed by atoms with van der Waals surface area (Å²) in [7, 11) is 3.23. The van der Waals surface area contributed by atoms with E-state index in [1.807, 2.05) is 42.5 Å². The van der Waals surface area contributed by atoms with Gasteiger partial charge in [0, 0.05) is 38.2 Å². The standard InChI is InChI=1S/C21H18ClNO3S2/c1-25-15-4-6-17(26-2)12(7-15)10-23-21(24)19-8-13-11-27-18-9-14(22)3-5-16(18)20(13)28-19/h3-9H,10-11H2,1-2H3,(H,23,24). The lowest BCUT2D eigenvalue weighted by atomic mass is 10.1. The summed E-state index contributed by atoms with van der Waals surface area (Å²) in [6, 6.07) is 13.4. The highest BCUT2D eigenvalue weighted by Crippen LogP contribution is 2.46. The van der Waals surface area contributed by atoms with E-state index in [1.54, 1.807) is 26.0 Å². The Morgan fingerprint density at radius 1 is 1.14 bits per heavy atom. The monoisotopic (exact) mass is 431 g/mol. The quantitative estimate of drug-likeness (QED) is 0.569. The first-order valence-corrected chi connectivity index (χ1v) is 10.8. The molecule has 0 radical (unpaired) electrons. The first-order valence-electron chi connectivity index (χ1n) is 8.63. The van der Waals surface area contributed by atoms with Crippen LogP contribution in [0.3, 0.4) is 0 Å². The molecular formula is C21H18ClNO3S2. The number of rotatable bonds is 5. The maximum absolute atomic E-state index is 12.8. The van der Waals surface area contributed by atoms with Crippen molar-refractivity contribution in [3.05, 3.63) is 63.5 Å². The van der Waals surface area contributed by atoms with Gasteiger partial charge in [0.15, 0.2) is 0 Å². The zero-order chi connectivity index (χ0) is 19.7. The lowest BCUT2D eigenvalue weighted by molar-refractivity contribution is 0.0954. The number of thiophene rings is 1. The zero-order valence-corrected chi connectivity index (χ0v) is 17.8. The highest BCUT2D eigenvalue weighted by Gasteiger charge is 2.22. The van der Waals surface area contributed by atoms with Crippen LogP contribution in [0.2, 0.25) is 5.02 Å². The third-order valence-electron chi connectivity index (χ3n) is 4.53. The summed E-state index contributed by atoms with van der Waals surface area (Å²) in [5, 5.41) is 3.72. The summed E-state index contributed by atoms with van der Waals surface area (Å²) in [4.78, 5) is 15.8. The van der Waals surface area contributed by atoms with Crippen LogP contribution in [0.5, 0.6) is 11.5 Å². The van der Waals surface area contributed by atoms with E-state index in [-0.39, 0.29) is 5.91 Å². The van der Waals surface area contributed by atoms with Crippen molar-refractivity contribution in [3.63, 3.8) is 0 Å². The van der Waals surface area contributed by atoms with Crippen LogP contribution in [-0.4, -0.2) is 20.1 Å². The van der Waals surface area contributed by atoms with E-state index in [4.69, 9.17) is 21.1 Å². The lowest BCUT2D eigenvalue weighted by Crippen LogP contribution is -2.22. The summed E-state index contributed by atoms with van der Waals surface area (Å²) in [5.74, 6) is 2.19. The number of ether oxygens (including phenoxy) is 2. The normalized spacial score (nSPS) is 12.1. The fourth-order valence-electron chi connectivity index (χ4n) is 3.12. The van der Waals surface area contributed by atoms with E-state index in [9.17, 15) is 4.79 Å². The molecule has 0 bridgehead atoms. The second-order valence-corrected chi connectivity index (χ2v) is 8.76. The summed E-state index contributed by atoms with van der Waals surface area (Å²) in [6.45, 7) is 0.364. The average Bonchev–Trinajstić information content (AvgIpc) is 3.16. The fourth-order valence-corrected chi connectivity index (χ4v) is 5.72. The maximum Gasteiger partial charge on any atom is 0.261 e. The number of benzene rings is 2. The fraction of sp³-hybridized carbons (Fsp3) is 0.190. The molecule has 1 aliphatic rings. The molecule has 2 heterocycles. The molecule has 7 heteroatoms. The SMILES string of the molecule is COc1ccc(OC)c(CNC(=O)c2cc3c(s2)-c2ccc(Cl)cc2SC3)c1. The van der Waals surface area contributed by atoms with Crippen molar-refractivity contribution in [2.24, 2.45) is 0 Å². The molecule has 4 rings (SSSR count). The number of thioether (sulfide) groups is 1. The van der Waals surface area contributed by atoms with E-state index in [1.165, 1.54) is 16.9 Å². The van der Waals surface area contributed by atoms with E-state index >= 15 is 0 Å². The van der Waals surface area contributed by atoms with Gasteiger partial charge < -0.3 is 14.8 Å². The number of hydrogen-bond donors (Lipinski definition) is 1. The van der Waals surface area contributed by atoms with Crippen LogP contribution in [0.25, 0.3) is 10.4 Å². The van der Waals surface area contributed by atoms with Gasteiger partial charge >= 0.3 is 0 Å². The van der Waals surface area contributed by atoms with Gasteiger partial charge in [0.25, 0.3) is 5.91 Å². The number of nitrogens with one attached hydrogen (secondary N) is 1. The Hall–Kier alpha value is -2.15. The van der Waals surface area contributed by atoms with Crippen molar-refractivity contribution in [2.75, 3.05) is 14.2 Å². The molecule has 0 aliphatic carbocycles. The van der Waals surface area contributed by atoms with Crippen molar-refractivity contribution < 1.29 is 14.3 Å². The number of carbonyl (C=O) groups is 1. The molecular weight excluding hydrogens is 414 g/mol. The first kappa shape index (κ1) is 19.2. The van der Waals surface area contributed by atoms with E-state index in [2.05, 4.69) is 5.32 Å². The second-order valence-electron chi connectivity index (χ2n) is 6.25. The molecule has 0 saturated carbocycles. The van der Waals surface area contributed by atoms with Gasteiger partial charge in [-0.15, -0.1) is 23.1 Å². The van der Waals surface area contributed by atoms with Gasteiger partial charge in [0.1, 0.15) is 11.5 Å². The number of hydrogen-bond acceptors (Lipinski definition) is 5. The molecule has 1 amide bonds. The van der Waals surface area contributed by atoms with Crippen LogP contribution in [-0.2, 0) is 12.3 Å². The van der Waals surface area contributed by atoms with Crippen LogP contribution in [0.15, 0.2) is 47.4 Å². The Morgan fingerprint density at radius 3 is 2.79 bits per heavy atom. The minimum absolute atomic E-state index is 0.0928. The van der Waals surface area contributed by atoms with Gasteiger partial charge in [-0.05, 0) is 42.0 Å². The summed E-state index contributed by atoms with van der Waals surface area (Å²) < 4.78 is 10.6. The number of carbonyl (C=O) groups excluding carboxylic acids is 1. The lowest BCUT2D eigenvalue weighted by Gasteiger charge is -2.15. The molecule has 3 aromatic rings. The van der Waals surface area contributed by atoms with Crippen molar-refractivity contribution >= 4 is 40.6 Å². The van der Waals surface area contributed by atoms with Gasteiger partial charge in [-0.2, -0.15) is 0 Å². The minimum atomic E-state index is -0.0928. The van der Waals surface area contributed by atoms with Crippen LogP contribution < -0.4 is 14.8 Å². The molecule has 4 nitrogen and oxygen atoms in total. The summed E-state index contributed by atoms with van der Waals surface area (Å²) in [6.07, 6.45) is 0. The summed E-state index contributed by atoms with van der Waals surface area (Å²) in [5.41, 5.74) is 3.20. The van der Waals surface area contributed by atoms with E-state index in [0.29, 0.717) is 17.2 Å². The number of halogens is 1. The Morgan fingerprint density at radius 2 is 2.00 bits per heavy atom. The molecule has 28 heavy (non-hydrogen) atoms. The zero-order valence-electron chi connectivity index (χ0n) is 15.4. The third-order valence-corrected chi connectivity index (χ3v) is 7.08. The van der Waals surface area contributed by atoms with Crippen LogP contribution in [0, 0.1) is 0 Å². The van der Waals surface area contributed by atoms with E-state index in [0.717, 1.165) is 37.4 Å². The molecule has 1 N–H and O–H groups in total. The largest absolute Gasteiger partial charge is 0.497 e. The molecule has 0 fully saturated rings. The maximum atomic E-state index is 12.8. The highest BCUT2D eigenvalue weighted by atomic mass is 35.5. The molecule has 1 aromatic heterocycles. The van der Waals surface area contributed by atoms with Crippen molar-refractivity contribution in [2.45, 2.75) is 17.2 Å². The predicted molar refractivity (Wildman–Crippen MR) is 115 cm³/mol. The smallest absolute Gasteiger partial charge is 0.261 e. The Bertz CT molecular complexity index is 1050. The van der Waals surface area contributed by atoms with Gasteiger partial charge in [-0.3, -0.25) is 4.79 Å². The topological polar surface area (TPSA) is 47.6 Å². The van der Waals surface area contributed by atoms with Crippen LogP contribution in [0.4, 0.5) is 0 Å². The Balaban J connectivity index is 1.54. The first-order chi connectivity index (χ1) is 13.6. The predicted octanol–water partition coefficient (Wildman–Crippen LogP) is 5.62. The molecule has 0 spiro atoms. The number of fused-ring (bicyclic) bond motifs is 3. The van der Waals surface area contributed by atoms with Gasteiger partial charge in [0.2, 0.25) is 0 Å². The Kier molecular flexibility index (Phi) is 5.53. The van der Waals surface area contributed by atoms with Crippen molar-refractivity contribution in [1.29, 1.82) is 0 Å². The van der Waals surface area contributed by atoms with Crippen molar-refractivity contribution in [1.82, 2.24) is 5.32 Å². The Labute approximate surface area is 176 Å². The molecule has 1 aliphatic heterocycles. The highest BCUT2D eigenvalue weighted by molar-refractivity contribution is 7.98. The van der Waals surface area contributed by atoms with Crippen molar-refractivity contribution in [3.8, 4) is 21.9 Å². The van der Waals surface area contributed by atoms with Gasteiger partial charge in [-0.25, -0.2) is 0 Å². The molecule has 0 unspecified atom stereocenters. The van der Waals surface area contributed by atoms with Crippen LogP contribution in [0.1, 0.15) is 20.8 Å². The van der Waals surface area contributed by atoms with Crippen LogP contribution >= 0.6 is 34.7 Å². The number of amides is 1. The average molecular weight is 432 g/mol. The molecule has 0 saturated heterocycles. The molecule has 2 aromatic carbocycles. The van der Waals surface area contributed by atoms with Gasteiger partial charge in [0.05, 0.1) is 19.1 Å². The summed E-state index contributed by atoms with van der Waals surface area (Å²) >= 11 is 9.38. The third kappa shape index (κ3) is 3.72. The van der Waals surface area contributed by atoms with Gasteiger partial charge in [-0.1, -0.05) is 17.7 Å². The molecule has 0 atom stereocenters. The molecule has 144 valence electrons.